The smallest absolute Gasteiger partial charge is 0.142 e. The SMILES string of the molecule is CCOc1c(Cl)cc(Cl)cc1CN[C@H](C)CC. The van der Waals surface area contributed by atoms with Gasteiger partial charge in [0.15, 0.2) is 0 Å². The molecule has 0 radical (unpaired) electrons. The van der Waals surface area contributed by atoms with Crippen LogP contribution in [0.3, 0.4) is 0 Å². The molecule has 1 rings (SSSR count). The van der Waals surface area contributed by atoms with Crippen LogP contribution in [-0.2, 0) is 6.54 Å². The van der Waals surface area contributed by atoms with E-state index in [0.29, 0.717) is 29.2 Å². The van der Waals surface area contributed by atoms with E-state index in [0.717, 1.165) is 17.7 Å². The van der Waals surface area contributed by atoms with E-state index in [-0.39, 0.29) is 0 Å². The summed E-state index contributed by atoms with van der Waals surface area (Å²) < 4.78 is 5.56. The van der Waals surface area contributed by atoms with Crippen LogP contribution in [0.15, 0.2) is 12.1 Å². The van der Waals surface area contributed by atoms with Crippen LogP contribution in [0.5, 0.6) is 5.75 Å². The molecule has 0 aliphatic rings. The zero-order chi connectivity index (χ0) is 12.8. The lowest BCUT2D eigenvalue weighted by Gasteiger charge is -2.16. The van der Waals surface area contributed by atoms with Crippen LogP contribution in [0.1, 0.15) is 32.8 Å². The Kier molecular flexibility index (Phi) is 6.10. The Morgan fingerprint density at radius 1 is 1.29 bits per heavy atom. The molecule has 0 spiro atoms. The first-order valence-corrected chi connectivity index (χ1v) is 6.68. The number of rotatable bonds is 6. The van der Waals surface area contributed by atoms with Gasteiger partial charge in [-0.25, -0.2) is 0 Å². The monoisotopic (exact) mass is 275 g/mol. The molecule has 96 valence electrons. The van der Waals surface area contributed by atoms with Gasteiger partial charge < -0.3 is 10.1 Å². The van der Waals surface area contributed by atoms with Gasteiger partial charge in [-0.3, -0.25) is 0 Å². The maximum Gasteiger partial charge on any atom is 0.142 e. The molecule has 17 heavy (non-hydrogen) atoms. The van der Waals surface area contributed by atoms with Crippen molar-refractivity contribution in [2.75, 3.05) is 6.61 Å². The van der Waals surface area contributed by atoms with E-state index in [2.05, 4.69) is 19.2 Å². The number of hydrogen-bond donors (Lipinski definition) is 1. The Morgan fingerprint density at radius 3 is 2.59 bits per heavy atom. The van der Waals surface area contributed by atoms with Crippen LogP contribution in [0.2, 0.25) is 10.0 Å². The molecule has 0 saturated carbocycles. The van der Waals surface area contributed by atoms with Gasteiger partial charge in [-0.2, -0.15) is 0 Å². The van der Waals surface area contributed by atoms with Gasteiger partial charge >= 0.3 is 0 Å². The molecule has 0 unspecified atom stereocenters. The first kappa shape index (κ1) is 14.6. The Hall–Kier alpha value is -0.440. The summed E-state index contributed by atoms with van der Waals surface area (Å²) in [4.78, 5) is 0. The van der Waals surface area contributed by atoms with Crippen LogP contribution in [0.4, 0.5) is 0 Å². The largest absolute Gasteiger partial charge is 0.492 e. The molecule has 0 saturated heterocycles. The predicted octanol–water partition coefficient (Wildman–Crippen LogP) is 4.28. The van der Waals surface area contributed by atoms with Crippen molar-refractivity contribution in [3.05, 3.63) is 27.7 Å². The Morgan fingerprint density at radius 2 is 2.00 bits per heavy atom. The minimum Gasteiger partial charge on any atom is -0.492 e. The fourth-order valence-electron chi connectivity index (χ4n) is 1.48. The van der Waals surface area contributed by atoms with Crippen molar-refractivity contribution in [3.8, 4) is 5.75 Å². The Balaban J connectivity index is 2.87. The summed E-state index contributed by atoms with van der Waals surface area (Å²) in [5.41, 5.74) is 1.00. The Labute approximate surface area is 113 Å². The minimum atomic E-state index is 0.460. The highest BCUT2D eigenvalue weighted by Gasteiger charge is 2.11. The summed E-state index contributed by atoms with van der Waals surface area (Å²) in [6, 6.07) is 4.07. The highest BCUT2D eigenvalue weighted by atomic mass is 35.5. The summed E-state index contributed by atoms with van der Waals surface area (Å²) >= 11 is 12.1. The maximum atomic E-state index is 6.13. The molecule has 0 amide bonds. The van der Waals surface area contributed by atoms with Crippen molar-refractivity contribution in [2.45, 2.75) is 39.8 Å². The van der Waals surface area contributed by atoms with E-state index in [1.165, 1.54) is 0 Å². The van der Waals surface area contributed by atoms with Crippen molar-refractivity contribution in [1.82, 2.24) is 5.32 Å². The summed E-state index contributed by atoms with van der Waals surface area (Å²) in [7, 11) is 0. The number of hydrogen-bond acceptors (Lipinski definition) is 2. The normalized spacial score (nSPS) is 12.5. The Bertz CT molecular complexity index is 369. The number of benzene rings is 1. The number of halogens is 2. The van der Waals surface area contributed by atoms with Crippen molar-refractivity contribution >= 4 is 23.2 Å². The van der Waals surface area contributed by atoms with Gasteiger partial charge in [-0.15, -0.1) is 0 Å². The molecule has 0 fully saturated rings. The lowest BCUT2D eigenvalue weighted by Crippen LogP contribution is -2.24. The van der Waals surface area contributed by atoms with Crippen molar-refractivity contribution in [3.63, 3.8) is 0 Å². The number of ether oxygens (including phenoxy) is 1. The first-order valence-electron chi connectivity index (χ1n) is 5.92. The zero-order valence-corrected chi connectivity index (χ0v) is 12.0. The van der Waals surface area contributed by atoms with Gasteiger partial charge in [0.1, 0.15) is 5.75 Å². The second kappa shape index (κ2) is 7.10. The molecular weight excluding hydrogens is 257 g/mol. The van der Waals surface area contributed by atoms with E-state index >= 15 is 0 Å². The molecular formula is C13H19Cl2NO. The van der Waals surface area contributed by atoms with Crippen LogP contribution in [0, 0.1) is 0 Å². The van der Waals surface area contributed by atoms with Crippen molar-refractivity contribution in [1.29, 1.82) is 0 Å². The molecule has 1 aromatic carbocycles. The molecule has 0 heterocycles. The van der Waals surface area contributed by atoms with Gasteiger partial charge in [-0.05, 0) is 32.4 Å². The second-order valence-corrected chi connectivity index (χ2v) is 4.84. The minimum absolute atomic E-state index is 0.460. The number of nitrogens with one attached hydrogen (secondary N) is 1. The summed E-state index contributed by atoms with van der Waals surface area (Å²) in [6.07, 6.45) is 1.08. The lowest BCUT2D eigenvalue weighted by atomic mass is 10.1. The second-order valence-electron chi connectivity index (χ2n) is 4.00. The van der Waals surface area contributed by atoms with Crippen LogP contribution < -0.4 is 10.1 Å². The van der Waals surface area contributed by atoms with E-state index < -0.39 is 0 Å². The molecule has 0 aliphatic carbocycles. The quantitative estimate of drug-likeness (QED) is 0.837. The fraction of sp³-hybridized carbons (Fsp3) is 0.538. The van der Waals surface area contributed by atoms with E-state index in [4.69, 9.17) is 27.9 Å². The topological polar surface area (TPSA) is 21.3 Å². The van der Waals surface area contributed by atoms with Crippen LogP contribution in [0.25, 0.3) is 0 Å². The molecule has 0 bridgehead atoms. The van der Waals surface area contributed by atoms with Gasteiger partial charge in [0, 0.05) is 23.2 Å². The highest BCUT2D eigenvalue weighted by molar-refractivity contribution is 6.35. The summed E-state index contributed by atoms with van der Waals surface area (Å²) in [5.74, 6) is 0.731. The average Bonchev–Trinajstić information content (AvgIpc) is 2.29. The fourth-order valence-corrected chi connectivity index (χ4v) is 2.07. The zero-order valence-electron chi connectivity index (χ0n) is 10.5. The molecule has 1 N–H and O–H groups in total. The molecule has 1 aromatic rings. The maximum absolute atomic E-state index is 6.13. The molecule has 4 heteroatoms. The van der Waals surface area contributed by atoms with Gasteiger partial charge in [0.2, 0.25) is 0 Å². The van der Waals surface area contributed by atoms with Gasteiger partial charge in [-0.1, -0.05) is 30.1 Å². The summed E-state index contributed by atoms with van der Waals surface area (Å²) in [5, 5.41) is 4.61. The van der Waals surface area contributed by atoms with Crippen molar-refractivity contribution < 1.29 is 4.74 Å². The molecule has 1 atom stereocenters. The van der Waals surface area contributed by atoms with Crippen molar-refractivity contribution in [2.24, 2.45) is 0 Å². The van der Waals surface area contributed by atoms with Gasteiger partial charge in [0.05, 0.1) is 11.6 Å². The molecule has 0 aliphatic heterocycles. The van der Waals surface area contributed by atoms with Gasteiger partial charge in [0.25, 0.3) is 0 Å². The average molecular weight is 276 g/mol. The van der Waals surface area contributed by atoms with E-state index in [1.54, 1.807) is 6.07 Å². The summed E-state index contributed by atoms with van der Waals surface area (Å²) in [6.45, 7) is 7.54. The molecule has 0 aromatic heterocycles. The predicted molar refractivity (Wildman–Crippen MR) is 74.2 cm³/mol. The standard InChI is InChI=1S/C13H19Cl2NO/c1-4-9(3)16-8-10-6-11(14)7-12(15)13(10)17-5-2/h6-7,9,16H,4-5,8H2,1-3H3/t9-/m1/s1. The third kappa shape index (κ3) is 4.38. The third-order valence-electron chi connectivity index (χ3n) is 2.63. The third-order valence-corrected chi connectivity index (χ3v) is 3.13. The first-order chi connectivity index (χ1) is 8.08. The molecule has 2 nitrogen and oxygen atoms in total. The van der Waals surface area contributed by atoms with Crippen LogP contribution in [-0.4, -0.2) is 12.6 Å². The lowest BCUT2D eigenvalue weighted by molar-refractivity contribution is 0.335. The van der Waals surface area contributed by atoms with E-state index in [1.807, 2.05) is 13.0 Å². The van der Waals surface area contributed by atoms with E-state index in [9.17, 15) is 0 Å². The van der Waals surface area contributed by atoms with Crippen LogP contribution >= 0.6 is 23.2 Å². The highest BCUT2D eigenvalue weighted by Crippen LogP contribution is 2.32.